The van der Waals surface area contributed by atoms with Crippen LogP contribution >= 0.6 is 0 Å². The number of phenolic OH excluding ortho intramolecular Hbond substituents is 1. The van der Waals surface area contributed by atoms with Gasteiger partial charge in [-0.1, -0.05) is 18.9 Å². The molecule has 1 aromatic rings. The van der Waals surface area contributed by atoms with Crippen LogP contribution in [0.3, 0.4) is 0 Å². The Labute approximate surface area is 278 Å². The predicted octanol–water partition coefficient (Wildman–Crippen LogP) is 5.13. The molecule has 6 rings (SSSR count). The zero-order valence-electron chi connectivity index (χ0n) is 28.2. The summed E-state index contributed by atoms with van der Waals surface area (Å²) < 4.78 is 18.8. The Morgan fingerprint density at radius 3 is 2.62 bits per heavy atom. The van der Waals surface area contributed by atoms with Gasteiger partial charge in [0.15, 0.2) is 11.5 Å². The van der Waals surface area contributed by atoms with Crippen LogP contribution in [0, 0.1) is 11.3 Å². The van der Waals surface area contributed by atoms with Crippen molar-refractivity contribution >= 4 is 17.8 Å². The minimum absolute atomic E-state index is 0.0331. The normalized spacial score (nSPS) is 29.9. The van der Waals surface area contributed by atoms with Crippen LogP contribution in [0.15, 0.2) is 12.1 Å². The molecule has 4 N–H and O–H groups in total. The van der Waals surface area contributed by atoms with E-state index in [0.29, 0.717) is 63.2 Å². The molecule has 3 aliphatic heterocycles. The lowest BCUT2D eigenvalue weighted by molar-refractivity contribution is -0.180. The van der Waals surface area contributed by atoms with Gasteiger partial charge in [0.05, 0.1) is 12.7 Å². The summed E-state index contributed by atoms with van der Waals surface area (Å²) in [5.41, 5.74) is 0.742. The standard InChI is InChI=1S/C37H54N2O8/c1-23(40)6-5-8-27(46-24(2)41)22-31(47-35(44)37-16-4-3-7-26(37)10-14-32(43)39-37)36(17-19-38-20-18-36)29-12-9-25-15-21-45-34-30(42)13-11-28(29)33(25)34/h11,13,23,25-27,29,31,38,40,42H,3-10,12,14-22H2,1-2H3,(H,39,43)/t23-,25+,26-,27+,29+,31+,37-/m0/s1. The third-order valence-corrected chi connectivity index (χ3v) is 12.1. The number of esters is 2. The maximum Gasteiger partial charge on any atom is 0.332 e. The van der Waals surface area contributed by atoms with Gasteiger partial charge < -0.3 is 35.1 Å². The first-order chi connectivity index (χ1) is 22.6. The van der Waals surface area contributed by atoms with Crippen LogP contribution in [0.4, 0.5) is 0 Å². The molecular weight excluding hydrogens is 600 g/mol. The fraction of sp³-hybridized carbons (Fsp3) is 0.757. The number of fused-ring (bicyclic) bond motifs is 1. The molecule has 2 aliphatic carbocycles. The van der Waals surface area contributed by atoms with E-state index in [9.17, 15) is 24.6 Å². The van der Waals surface area contributed by atoms with Crippen molar-refractivity contribution in [1.82, 2.24) is 10.6 Å². The van der Waals surface area contributed by atoms with Gasteiger partial charge in [-0.3, -0.25) is 9.59 Å². The van der Waals surface area contributed by atoms with Gasteiger partial charge in [0.2, 0.25) is 5.91 Å². The van der Waals surface area contributed by atoms with Crippen LogP contribution in [0.2, 0.25) is 0 Å². The number of aliphatic hydroxyl groups excluding tert-OH is 1. The number of ether oxygens (including phenoxy) is 3. The van der Waals surface area contributed by atoms with Crippen molar-refractivity contribution in [3.8, 4) is 11.5 Å². The van der Waals surface area contributed by atoms with E-state index in [2.05, 4.69) is 10.6 Å². The van der Waals surface area contributed by atoms with Crippen molar-refractivity contribution in [3.05, 3.63) is 23.3 Å². The van der Waals surface area contributed by atoms with Gasteiger partial charge in [0.1, 0.15) is 17.7 Å². The Bertz CT molecular complexity index is 1310. The number of carbonyl (C=O) groups excluding carboxylic acids is 3. The molecular formula is C37H54N2O8. The molecule has 3 heterocycles. The van der Waals surface area contributed by atoms with Gasteiger partial charge in [0, 0.05) is 30.7 Å². The van der Waals surface area contributed by atoms with E-state index in [1.54, 1.807) is 13.0 Å². The highest BCUT2D eigenvalue weighted by atomic mass is 16.6. The Morgan fingerprint density at radius 1 is 1.04 bits per heavy atom. The average Bonchev–Trinajstić information content (AvgIpc) is 3.05. The molecule has 1 saturated carbocycles. The number of phenols is 1. The van der Waals surface area contributed by atoms with E-state index in [0.717, 1.165) is 75.6 Å². The highest BCUT2D eigenvalue weighted by molar-refractivity contribution is 5.90. The van der Waals surface area contributed by atoms with Crippen LogP contribution in [-0.4, -0.2) is 71.6 Å². The maximum atomic E-state index is 14.7. The van der Waals surface area contributed by atoms with Gasteiger partial charge in [-0.05, 0) is 120 Å². The molecule has 0 radical (unpaired) electrons. The number of carbonyl (C=O) groups is 3. The Balaban J connectivity index is 1.41. The minimum atomic E-state index is -1.04. The summed E-state index contributed by atoms with van der Waals surface area (Å²) in [6.07, 6.45) is 9.34. The van der Waals surface area contributed by atoms with E-state index in [-0.39, 0.29) is 35.4 Å². The molecule has 260 valence electrons. The molecule has 3 fully saturated rings. The Hall–Kier alpha value is -2.85. The van der Waals surface area contributed by atoms with Crippen molar-refractivity contribution in [2.45, 2.75) is 146 Å². The van der Waals surface area contributed by atoms with Crippen molar-refractivity contribution in [2.24, 2.45) is 11.3 Å². The molecule has 0 bridgehead atoms. The number of aliphatic hydroxyl groups is 1. The molecule has 10 nitrogen and oxygen atoms in total. The van der Waals surface area contributed by atoms with Crippen LogP contribution < -0.4 is 15.4 Å². The Kier molecular flexibility index (Phi) is 10.4. The molecule has 7 atom stereocenters. The lowest BCUT2D eigenvalue weighted by Crippen LogP contribution is -2.65. The molecule has 0 aromatic heterocycles. The number of aromatic hydroxyl groups is 1. The van der Waals surface area contributed by atoms with Gasteiger partial charge in [-0.15, -0.1) is 0 Å². The number of hydrogen-bond acceptors (Lipinski definition) is 9. The number of rotatable bonds is 11. The molecule has 1 aromatic carbocycles. The summed E-state index contributed by atoms with van der Waals surface area (Å²) >= 11 is 0. The van der Waals surface area contributed by atoms with Gasteiger partial charge in [0.25, 0.3) is 0 Å². The minimum Gasteiger partial charge on any atom is -0.504 e. The highest BCUT2D eigenvalue weighted by Gasteiger charge is 2.56. The fourth-order valence-corrected chi connectivity index (χ4v) is 9.83. The van der Waals surface area contributed by atoms with Crippen molar-refractivity contribution in [1.29, 1.82) is 0 Å². The summed E-state index contributed by atoms with van der Waals surface area (Å²) in [5, 5.41) is 27.4. The fourth-order valence-electron chi connectivity index (χ4n) is 9.83. The second-order valence-corrected chi connectivity index (χ2v) is 15.0. The third-order valence-electron chi connectivity index (χ3n) is 12.1. The monoisotopic (exact) mass is 654 g/mol. The average molecular weight is 655 g/mol. The maximum absolute atomic E-state index is 14.7. The molecule has 2 saturated heterocycles. The molecule has 1 amide bonds. The first kappa shape index (κ1) is 34.0. The number of amides is 1. The van der Waals surface area contributed by atoms with E-state index >= 15 is 0 Å². The SMILES string of the molecule is CC(=O)O[C@H](CCC[C@H](C)O)C[C@@H](OC(=O)[C@]12CCCC[C@H]1CCC(=O)N2)C1([C@@H]2CC[C@@H]3CCOc4c(O)ccc2c43)CCNCC1. The van der Waals surface area contributed by atoms with E-state index in [4.69, 9.17) is 14.2 Å². The summed E-state index contributed by atoms with van der Waals surface area (Å²) in [6, 6.07) is 3.79. The van der Waals surface area contributed by atoms with Crippen LogP contribution in [-0.2, 0) is 23.9 Å². The quantitative estimate of drug-likeness (QED) is 0.239. The van der Waals surface area contributed by atoms with Crippen molar-refractivity contribution < 1.29 is 38.8 Å². The zero-order valence-corrected chi connectivity index (χ0v) is 28.2. The second-order valence-electron chi connectivity index (χ2n) is 15.0. The van der Waals surface area contributed by atoms with Crippen LogP contribution in [0.5, 0.6) is 11.5 Å². The molecule has 0 unspecified atom stereocenters. The highest BCUT2D eigenvalue weighted by Crippen LogP contribution is 2.59. The number of nitrogens with one attached hydrogen (secondary N) is 2. The predicted molar refractivity (Wildman–Crippen MR) is 175 cm³/mol. The molecule has 5 aliphatic rings. The van der Waals surface area contributed by atoms with Gasteiger partial charge >= 0.3 is 11.9 Å². The third kappa shape index (κ3) is 6.87. The largest absolute Gasteiger partial charge is 0.504 e. The van der Waals surface area contributed by atoms with E-state index < -0.39 is 29.3 Å². The van der Waals surface area contributed by atoms with Gasteiger partial charge in [-0.25, -0.2) is 4.79 Å². The second kappa shape index (κ2) is 14.3. The molecule has 10 heteroatoms. The van der Waals surface area contributed by atoms with Crippen molar-refractivity contribution in [2.75, 3.05) is 19.7 Å². The first-order valence-electron chi connectivity index (χ1n) is 18.2. The lowest BCUT2D eigenvalue weighted by Gasteiger charge is -2.53. The summed E-state index contributed by atoms with van der Waals surface area (Å²) in [4.78, 5) is 39.9. The Morgan fingerprint density at radius 2 is 1.85 bits per heavy atom. The lowest BCUT2D eigenvalue weighted by atomic mass is 9.57. The summed E-state index contributed by atoms with van der Waals surface area (Å²) in [7, 11) is 0. The number of hydrogen-bond donors (Lipinski definition) is 4. The van der Waals surface area contributed by atoms with Crippen LogP contribution in [0.25, 0.3) is 0 Å². The van der Waals surface area contributed by atoms with E-state index in [1.165, 1.54) is 6.92 Å². The van der Waals surface area contributed by atoms with Crippen molar-refractivity contribution in [3.63, 3.8) is 0 Å². The summed E-state index contributed by atoms with van der Waals surface area (Å²) in [6.45, 7) is 5.27. The topological polar surface area (TPSA) is 143 Å². The van der Waals surface area contributed by atoms with Gasteiger partial charge in [-0.2, -0.15) is 0 Å². The number of benzene rings is 1. The first-order valence-corrected chi connectivity index (χ1v) is 18.2. The number of piperidine rings is 2. The molecule has 47 heavy (non-hydrogen) atoms. The smallest absolute Gasteiger partial charge is 0.332 e. The summed E-state index contributed by atoms with van der Waals surface area (Å²) in [5.74, 6) is 0.305. The molecule has 0 spiro atoms. The van der Waals surface area contributed by atoms with Crippen LogP contribution in [0.1, 0.15) is 133 Å². The van der Waals surface area contributed by atoms with E-state index in [1.807, 2.05) is 6.07 Å². The zero-order chi connectivity index (χ0) is 33.2.